The molecule has 1 aliphatic carbocycles. The lowest BCUT2D eigenvalue weighted by Crippen LogP contribution is -1.98. The van der Waals surface area contributed by atoms with Crippen molar-refractivity contribution in [2.75, 3.05) is 7.11 Å². The van der Waals surface area contributed by atoms with E-state index < -0.39 is 0 Å². The lowest BCUT2D eigenvalue weighted by atomic mass is 10.0. The average molecular weight is 140 g/mol. The van der Waals surface area contributed by atoms with Crippen molar-refractivity contribution in [3.63, 3.8) is 0 Å². The van der Waals surface area contributed by atoms with Crippen LogP contribution in [0, 0.1) is 0 Å². The summed E-state index contributed by atoms with van der Waals surface area (Å²) in [6.45, 7) is 1.92. The summed E-state index contributed by atoms with van der Waals surface area (Å²) in [6.07, 6.45) is 3.28. The molecule has 10 heavy (non-hydrogen) atoms. The van der Waals surface area contributed by atoms with E-state index in [1.165, 1.54) is 0 Å². The van der Waals surface area contributed by atoms with E-state index in [9.17, 15) is 5.11 Å². The van der Waals surface area contributed by atoms with Crippen LogP contribution in [0.2, 0.25) is 0 Å². The van der Waals surface area contributed by atoms with Crippen molar-refractivity contribution < 1.29 is 9.84 Å². The summed E-state index contributed by atoms with van der Waals surface area (Å²) in [5.74, 6) is 1.44. The van der Waals surface area contributed by atoms with Crippen molar-refractivity contribution in [3.8, 4) is 0 Å². The fraction of sp³-hybridized carbons (Fsp3) is 0.500. The maximum atomic E-state index is 9.17. The number of ether oxygens (including phenoxy) is 1. The van der Waals surface area contributed by atoms with Crippen molar-refractivity contribution in [3.05, 3.63) is 23.2 Å². The first-order chi connectivity index (χ1) is 4.74. The molecule has 1 N–H and O–H groups in total. The molecule has 1 aliphatic rings. The van der Waals surface area contributed by atoms with Gasteiger partial charge in [-0.2, -0.15) is 0 Å². The first-order valence-electron chi connectivity index (χ1n) is 3.34. The van der Waals surface area contributed by atoms with Crippen LogP contribution in [0.4, 0.5) is 0 Å². The van der Waals surface area contributed by atoms with Crippen molar-refractivity contribution in [1.82, 2.24) is 0 Å². The first-order valence-corrected chi connectivity index (χ1v) is 3.34. The fourth-order valence-electron chi connectivity index (χ4n) is 0.976. The van der Waals surface area contributed by atoms with Crippen LogP contribution in [0.15, 0.2) is 23.2 Å². The molecule has 0 atom stereocenters. The van der Waals surface area contributed by atoms with Crippen molar-refractivity contribution >= 4 is 0 Å². The molecular formula is C8H12O2. The molecule has 0 heterocycles. The predicted octanol–water partition coefficient (Wildman–Crippen LogP) is 2.14. The Bertz CT molecular complexity index is 189. The Morgan fingerprint density at radius 1 is 1.60 bits per heavy atom. The third-order valence-electron chi connectivity index (χ3n) is 1.72. The first kappa shape index (κ1) is 7.19. The zero-order chi connectivity index (χ0) is 7.56. The standard InChI is InChI=1S/C8H12O2/c1-6-5-7(10-2)3-4-8(6)9/h3,9H,4-5H2,1-2H3. The molecule has 56 valence electrons. The van der Waals surface area contributed by atoms with E-state index in [0.717, 1.165) is 17.8 Å². The zero-order valence-corrected chi connectivity index (χ0v) is 6.35. The maximum absolute atomic E-state index is 9.17. The van der Waals surface area contributed by atoms with E-state index in [4.69, 9.17) is 4.74 Å². The maximum Gasteiger partial charge on any atom is 0.0961 e. The molecule has 0 aliphatic heterocycles. The van der Waals surface area contributed by atoms with Crippen LogP contribution in [0.3, 0.4) is 0 Å². The van der Waals surface area contributed by atoms with Crippen LogP contribution in [-0.2, 0) is 4.74 Å². The monoisotopic (exact) mass is 140 g/mol. The molecule has 0 aromatic rings. The van der Waals surface area contributed by atoms with E-state index in [-0.39, 0.29) is 0 Å². The van der Waals surface area contributed by atoms with E-state index in [1.807, 2.05) is 13.0 Å². The van der Waals surface area contributed by atoms with Gasteiger partial charge < -0.3 is 9.84 Å². The minimum atomic E-state index is 0.487. The summed E-state index contributed by atoms with van der Waals surface area (Å²) in [7, 11) is 1.65. The Morgan fingerprint density at radius 3 is 2.80 bits per heavy atom. The van der Waals surface area contributed by atoms with Crippen LogP contribution in [0.1, 0.15) is 19.8 Å². The second-order valence-corrected chi connectivity index (χ2v) is 2.48. The molecule has 0 saturated heterocycles. The lowest BCUT2D eigenvalue weighted by Gasteiger charge is -2.13. The SMILES string of the molecule is COC1=CCC(O)=C(C)C1. The highest BCUT2D eigenvalue weighted by Crippen LogP contribution is 2.22. The van der Waals surface area contributed by atoms with Crippen LogP contribution in [0.5, 0.6) is 0 Å². The lowest BCUT2D eigenvalue weighted by molar-refractivity contribution is 0.272. The number of methoxy groups -OCH3 is 1. The Kier molecular flexibility index (Phi) is 2.00. The molecule has 0 saturated carbocycles. The molecule has 0 bridgehead atoms. The second kappa shape index (κ2) is 2.78. The second-order valence-electron chi connectivity index (χ2n) is 2.48. The molecule has 0 aromatic heterocycles. The Balaban J connectivity index is 2.63. The Morgan fingerprint density at radius 2 is 2.30 bits per heavy atom. The number of allylic oxidation sites excluding steroid dienone is 2. The third kappa shape index (κ3) is 1.32. The van der Waals surface area contributed by atoms with Crippen molar-refractivity contribution in [2.24, 2.45) is 0 Å². The van der Waals surface area contributed by atoms with Crippen molar-refractivity contribution in [2.45, 2.75) is 19.8 Å². The van der Waals surface area contributed by atoms with Crippen LogP contribution >= 0.6 is 0 Å². The fourth-order valence-corrected chi connectivity index (χ4v) is 0.976. The van der Waals surface area contributed by atoms with Gasteiger partial charge in [0.05, 0.1) is 18.6 Å². The number of aliphatic hydroxyl groups is 1. The molecule has 0 amide bonds. The number of hydrogen-bond donors (Lipinski definition) is 1. The van der Waals surface area contributed by atoms with Gasteiger partial charge in [0.1, 0.15) is 0 Å². The molecule has 0 spiro atoms. The molecule has 0 radical (unpaired) electrons. The van der Waals surface area contributed by atoms with E-state index in [2.05, 4.69) is 0 Å². The summed E-state index contributed by atoms with van der Waals surface area (Å²) in [4.78, 5) is 0. The number of aliphatic hydroxyl groups excluding tert-OH is 1. The molecular weight excluding hydrogens is 128 g/mol. The summed E-state index contributed by atoms with van der Waals surface area (Å²) >= 11 is 0. The summed E-state index contributed by atoms with van der Waals surface area (Å²) < 4.78 is 5.03. The zero-order valence-electron chi connectivity index (χ0n) is 6.35. The van der Waals surface area contributed by atoms with E-state index in [0.29, 0.717) is 12.2 Å². The van der Waals surface area contributed by atoms with Gasteiger partial charge in [0.25, 0.3) is 0 Å². The highest BCUT2D eigenvalue weighted by Gasteiger charge is 2.08. The largest absolute Gasteiger partial charge is 0.512 e. The van der Waals surface area contributed by atoms with E-state index in [1.54, 1.807) is 7.11 Å². The van der Waals surface area contributed by atoms with Gasteiger partial charge >= 0.3 is 0 Å². The van der Waals surface area contributed by atoms with Gasteiger partial charge in [-0.05, 0) is 18.6 Å². The van der Waals surface area contributed by atoms with Crippen molar-refractivity contribution in [1.29, 1.82) is 0 Å². The minimum Gasteiger partial charge on any atom is -0.512 e. The van der Waals surface area contributed by atoms with Gasteiger partial charge in [-0.3, -0.25) is 0 Å². The summed E-state index contributed by atoms with van der Waals surface area (Å²) in [5.41, 5.74) is 1.01. The molecule has 2 heteroatoms. The summed E-state index contributed by atoms with van der Waals surface area (Å²) in [5, 5.41) is 9.17. The number of rotatable bonds is 1. The minimum absolute atomic E-state index is 0.487. The average Bonchev–Trinajstić information content (AvgIpc) is 1.95. The Hall–Kier alpha value is -0.920. The van der Waals surface area contributed by atoms with Gasteiger partial charge in [0, 0.05) is 12.8 Å². The van der Waals surface area contributed by atoms with Gasteiger partial charge in [-0.25, -0.2) is 0 Å². The van der Waals surface area contributed by atoms with Gasteiger partial charge in [-0.15, -0.1) is 0 Å². The van der Waals surface area contributed by atoms with E-state index >= 15 is 0 Å². The van der Waals surface area contributed by atoms with Crippen LogP contribution in [-0.4, -0.2) is 12.2 Å². The smallest absolute Gasteiger partial charge is 0.0961 e. The quantitative estimate of drug-likeness (QED) is 0.604. The van der Waals surface area contributed by atoms with Gasteiger partial charge in [-0.1, -0.05) is 0 Å². The van der Waals surface area contributed by atoms with Crippen LogP contribution < -0.4 is 0 Å². The third-order valence-corrected chi connectivity index (χ3v) is 1.72. The Labute approximate surface area is 60.8 Å². The van der Waals surface area contributed by atoms with Gasteiger partial charge in [0.15, 0.2) is 0 Å². The number of hydrogen-bond acceptors (Lipinski definition) is 2. The molecule has 0 unspecified atom stereocenters. The molecule has 1 rings (SSSR count). The molecule has 2 nitrogen and oxygen atoms in total. The summed E-state index contributed by atoms with van der Waals surface area (Å²) in [6, 6.07) is 0. The molecule has 0 fully saturated rings. The normalized spacial score (nSPS) is 18.8. The van der Waals surface area contributed by atoms with Gasteiger partial charge in [0.2, 0.25) is 0 Å². The van der Waals surface area contributed by atoms with Crippen LogP contribution in [0.25, 0.3) is 0 Å². The highest BCUT2D eigenvalue weighted by atomic mass is 16.5. The predicted molar refractivity (Wildman–Crippen MR) is 39.7 cm³/mol. The molecule has 0 aromatic carbocycles. The highest BCUT2D eigenvalue weighted by molar-refractivity contribution is 5.20. The topological polar surface area (TPSA) is 29.5 Å².